The summed E-state index contributed by atoms with van der Waals surface area (Å²) in [6.45, 7) is 7.52. The van der Waals surface area contributed by atoms with Crippen molar-refractivity contribution in [2.45, 2.75) is 33.7 Å². The summed E-state index contributed by atoms with van der Waals surface area (Å²) in [7, 11) is 0. The fourth-order valence-corrected chi connectivity index (χ4v) is 1.65. The van der Waals surface area contributed by atoms with Crippen LogP contribution in [0.5, 0.6) is 0 Å². The van der Waals surface area contributed by atoms with Crippen molar-refractivity contribution in [3.05, 3.63) is 29.7 Å². The first-order chi connectivity index (χ1) is 9.43. The van der Waals surface area contributed by atoms with Crippen LogP contribution in [0.2, 0.25) is 0 Å². The number of furan rings is 1. The molecule has 0 aromatic carbocycles. The third-order valence-electron chi connectivity index (χ3n) is 2.66. The molecule has 20 heavy (non-hydrogen) atoms. The van der Waals surface area contributed by atoms with Crippen LogP contribution in [0.1, 0.15) is 32.3 Å². The lowest BCUT2D eigenvalue weighted by Gasteiger charge is -2.24. The fraction of sp³-hybridized carbons (Fsp3) is 0.467. The molecule has 0 atom stereocenters. The maximum atomic E-state index is 12.1. The van der Waals surface area contributed by atoms with E-state index in [0.717, 1.165) is 5.76 Å². The molecule has 5 nitrogen and oxygen atoms in total. The number of rotatable bonds is 6. The summed E-state index contributed by atoms with van der Waals surface area (Å²) >= 11 is 0. The summed E-state index contributed by atoms with van der Waals surface area (Å²) < 4.78 is 10.2. The number of aryl methyl sites for hydroxylation is 1. The summed E-state index contributed by atoms with van der Waals surface area (Å²) in [4.78, 5) is 25.0. The summed E-state index contributed by atoms with van der Waals surface area (Å²) in [5, 5.41) is 0. The Balaban J connectivity index is 2.69. The Morgan fingerprint density at radius 2 is 2.10 bits per heavy atom. The smallest absolute Gasteiger partial charge is 0.325 e. The topological polar surface area (TPSA) is 59.8 Å². The van der Waals surface area contributed by atoms with Gasteiger partial charge in [0.2, 0.25) is 5.91 Å². The van der Waals surface area contributed by atoms with Gasteiger partial charge < -0.3 is 14.1 Å². The molecule has 0 radical (unpaired) electrons. The molecule has 0 unspecified atom stereocenters. The predicted octanol–water partition coefficient (Wildman–Crippen LogP) is 2.40. The highest BCUT2D eigenvalue weighted by atomic mass is 16.5. The Kier molecular flexibility index (Phi) is 6.03. The zero-order valence-electron chi connectivity index (χ0n) is 12.4. The van der Waals surface area contributed by atoms with Gasteiger partial charge in [-0.05, 0) is 45.9 Å². The van der Waals surface area contributed by atoms with Crippen LogP contribution in [0, 0.1) is 6.92 Å². The van der Waals surface area contributed by atoms with Gasteiger partial charge >= 0.3 is 5.97 Å². The first kappa shape index (κ1) is 16.0. The van der Waals surface area contributed by atoms with Crippen molar-refractivity contribution in [1.82, 2.24) is 4.90 Å². The van der Waals surface area contributed by atoms with Gasteiger partial charge in [0.15, 0.2) is 0 Å². The van der Waals surface area contributed by atoms with Crippen molar-refractivity contribution in [1.29, 1.82) is 0 Å². The predicted molar refractivity (Wildman–Crippen MR) is 76.0 cm³/mol. The van der Waals surface area contributed by atoms with E-state index in [4.69, 9.17) is 9.15 Å². The van der Waals surface area contributed by atoms with Gasteiger partial charge in [-0.2, -0.15) is 0 Å². The number of esters is 1. The molecule has 0 aliphatic carbocycles. The van der Waals surface area contributed by atoms with E-state index >= 15 is 0 Å². The highest BCUT2D eigenvalue weighted by Gasteiger charge is 2.18. The second kappa shape index (κ2) is 7.53. The van der Waals surface area contributed by atoms with Crippen LogP contribution in [0.25, 0.3) is 6.08 Å². The van der Waals surface area contributed by atoms with Gasteiger partial charge in [-0.15, -0.1) is 0 Å². The number of carbonyl (C=O) groups excluding carboxylic acids is 2. The summed E-state index contributed by atoms with van der Waals surface area (Å²) in [6, 6.07) is 3.52. The van der Waals surface area contributed by atoms with Crippen LogP contribution < -0.4 is 0 Å². The molecule has 0 saturated carbocycles. The normalized spacial score (nSPS) is 11.1. The van der Waals surface area contributed by atoms with E-state index in [1.54, 1.807) is 19.1 Å². The lowest BCUT2D eigenvalue weighted by Crippen LogP contribution is -2.40. The summed E-state index contributed by atoms with van der Waals surface area (Å²) in [5.41, 5.74) is 0. The van der Waals surface area contributed by atoms with Gasteiger partial charge in [0.25, 0.3) is 0 Å². The molecule has 0 bridgehead atoms. The SMILES string of the molecule is CCOC(=O)CN(C(=O)/C=C/c1ccc(C)o1)C(C)C. The van der Waals surface area contributed by atoms with E-state index in [0.29, 0.717) is 12.4 Å². The van der Waals surface area contributed by atoms with Crippen molar-refractivity contribution in [3.8, 4) is 0 Å². The van der Waals surface area contributed by atoms with Crippen LogP contribution in [0.15, 0.2) is 22.6 Å². The molecule has 1 aromatic rings. The quantitative estimate of drug-likeness (QED) is 0.592. The molecule has 1 rings (SSSR count). The van der Waals surface area contributed by atoms with Crippen molar-refractivity contribution >= 4 is 18.0 Å². The second-order valence-electron chi connectivity index (χ2n) is 4.65. The van der Waals surface area contributed by atoms with E-state index in [-0.39, 0.29) is 18.5 Å². The number of amides is 1. The lowest BCUT2D eigenvalue weighted by molar-refractivity contribution is -0.148. The highest BCUT2D eigenvalue weighted by molar-refractivity contribution is 5.93. The van der Waals surface area contributed by atoms with Gasteiger partial charge in [0.05, 0.1) is 6.61 Å². The molecule has 0 aliphatic heterocycles. The molecule has 0 fully saturated rings. The van der Waals surface area contributed by atoms with Crippen LogP contribution in [-0.4, -0.2) is 36.0 Å². The Hall–Kier alpha value is -2.04. The van der Waals surface area contributed by atoms with Gasteiger partial charge in [0, 0.05) is 12.1 Å². The van der Waals surface area contributed by atoms with E-state index in [1.807, 2.05) is 26.8 Å². The molecule has 1 amide bonds. The standard InChI is InChI=1S/C15H21NO4/c1-5-19-15(18)10-16(11(2)3)14(17)9-8-13-7-6-12(4)20-13/h6-9,11H,5,10H2,1-4H3/b9-8+. The molecule has 1 heterocycles. The van der Waals surface area contributed by atoms with Crippen molar-refractivity contribution in [2.75, 3.05) is 13.2 Å². The highest BCUT2D eigenvalue weighted by Crippen LogP contribution is 2.09. The van der Waals surface area contributed by atoms with Crippen molar-refractivity contribution in [3.63, 3.8) is 0 Å². The Labute approximate surface area is 119 Å². The fourth-order valence-electron chi connectivity index (χ4n) is 1.65. The third-order valence-corrected chi connectivity index (χ3v) is 2.66. The molecule has 0 spiro atoms. The molecular weight excluding hydrogens is 258 g/mol. The minimum absolute atomic E-state index is 0.0497. The molecule has 110 valence electrons. The Bertz CT molecular complexity index is 488. The molecule has 0 saturated heterocycles. The molecular formula is C15H21NO4. The van der Waals surface area contributed by atoms with E-state index in [2.05, 4.69) is 0 Å². The van der Waals surface area contributed by atoms with Gasteiger partial charge in [-0.25, -0.2) is 0 Å². The average molecular weight is 279 g/mol. The minimum Gasteiger partial charge on any atom is -0.465 e. The summed E-state index contributed by atoms with van der Waals surface area (Å²) in [6.07, 6.45) is 2.99. The first-order valence-electron chi connectivity index (χ1n) is 6.64. The molecule has 0 aliphatic rings. The van der Waals surface area contributed by atoms with Crippen LogP contribution in [-0.2, 0) is 14.3 Å². The third kappa shape index (κ3) is 4.91. The Morgan fingerprint density at radius 3 is 2.60 bits per heavy atom. The van der Waals surface area contributed by atoms with Crippen molar-refractivity contribution in [2.24, 2.45) is 0 Å². The number of nitrogens with zero attached hydrogens (tertiary/aromatic N) is 1. The Morgan fingerprint density at radius 1 is 1.40 bits per heavy atom. The average Bonchev–Trinajstić information content (AvgIpc) is 2.79. The van der Waals surface area contributed by atoms with E-state index < -0.39 is 5.97 Å². The number of hydrogen-bond acceptors (Lipinski definition) is 4. The zero-order valence-corrected chi connectivity index (χ0v) is 12.4. The number of hydrogen-bond donors (Lipinski definition) is 0. The zero-order chi connectivity index (χ0) is 15.1. The maximum Gasteiger partial charge on any atom is 0.325 e. The second-order valence-corrected chi connectivity index (χ2v) is 4.65. The summed E-state index contributed by atoms with van der Waals surface area (Å²) in [5.74, 6) is 0.735. The van der Waals surface area contributed by atoms with E-state index in [9.17, 15) is 9.59 Å². The minimum atomic E-state index is -0.406. The largest absolute Gasteiger partial charge is 0.465 e. The molecule has 0 N–H and O–H groups in total. The monoisotopic (exact) mass is 279 g/mol. The van der Waals surface area contributed by atoms with Gasteiger partial charge in [0.1, 0.15) is 18.1 Å². The lowest BCUT2D eigenvalue weighted by atomic mass is 10.3. The van der Waals surface area contributed by atoms with Crippen LogP contribution in [0.4, 0.5) is 0 Å². The molecule has 5 heteroatoms. The maximum absolute atomic E-state index is 12.1. The van der Waals surface area contributed by atoms with Crippen molar-refractivity contribution < 1.29 is 18.7 Å². The van der Waals surface area contributed by atoms with Crippen LogP contribution >= 0.6 is 0 Å². The number of ether oxygens (including phenoxy) is 1. The first-order valence-corrected chi connectivity index (χ1v) is 6.64. The van der Waals surface area contributed by atoms with Gasteiger partial charge in [-0.1, -0.05) is 0 Å². The molecule has 1 aromatic heterocycles. The van der Waals surface area contributed by atoms with E-state index in [1.165, 1.54) is 11.0 Å². The van der Waals surface area contributed by atoms with Crippen LogP contribution in [0.3, 0.4) is 0 Å². The van der Waals surface area contributed by atoms with Gasteiger partial charge in [-0.3, -0.25) is 9.59 Å². The number of carbonyl (C=O) groups is 2.